The van der Waals surface area contributed by atoms with Crippen LogP contribution in [0.1, 0.15) is 18.4 Å². The average Bonchev–Trinajstić information content (AvgIpc) is 3.72. The molecule has 2 aliphatic heterocycles. The first kappa shape index (κ1) is 23.3. The molecule has 38 heavy (non-hydrogen) atoms. The van der Waals surface area contributed by atoms with Crippen molar-refractivity contribution in [1.82, 2.24) is 23.8 Å². The molecule has 1 atom stereocenters. The quantitative estimate of drug-likeness (QED) is 0.314. The number of likely N-dealkylation sites (tertiary alicyclic amines) is 1. The summed E-state index contributed by atoms with van der Waals surface area (Å²) in [7, 11) is 0. The Morgan fingerprint density at radius 1 is 0.789 bits per heavy atom. The maximum atomic E-state index is 5.16. The van der Waals surface area contributed by atoms with Crippen LogP contribution in [0.3, 0.4) is 0 Å². The summed E-state index contributed by atoms with van der Waals surface area (Å²) in [4.78, 5) is 17.1. The molecule has 0 N–H and O–H groups in total. The molecule has 7 rings (SSSR count). The third kappa shape index (κ3) is 4.63. The average molecular weight is 506 g/mol. The maximum Gasteiger partial charge on any atom is 0.142 e. The van der Waals surface area contributed by atoms with Gasteiger partial charge in [0, 0.05) is 69.8 Å². The molecule has 7 nitrogen and oxygen atoms in total. The van der Waals surface area contributed by atoms with Gasteiger partial charge in [-0.15, -0.1) is 0 Å². The summed E-state index contributed by atoms with van der Waals surface area (Å²) in [5, 5.41) is 1.23. The largest absolute Gasteiger partial charge is 0.354 e. The Kier molecular flexibility index (Phi) is 6.21. The summed E-state index contributed by atoms with van der Waals surface area (Å²) in [6, 6.07) is 23.8. The lowest BCUT2D eigenvalue weighted by Crippen LogP contribution is -2.47. The van der Waals surface area contributed by atoms with Crippen LogP contribution < -0.4 is 9.80 Å². The summed E-state index contributed by atoms with van der Waals surface area (Å²) in [5.74, 6) is 3.06. The first-order valence-electron chi connectivity index (χ1n) is 13.9. The number of fused-ring (bicyclic) bond motifs is 2. The Bertz CT molecular complexity index is 1510. The van der Waals surface area contributed by atoms with Gasteiger partial charge in [0.25, 0.3) is 0 Å². The van der Waals surface area contributed by atoms with Crippen molar-refractivity contribution in [2.24, 2.45) is 5.92 Å². The summed E-state index contributed by atoms with van der Waals surface area (Å²) >= 11 is 0. The van der Waals surface area contributed by atoms with E-state index in [0.717, 1.165) is 62.3 Å². The second-order valence-electron chi connectivity index (χ2n) is 10.8. The van der Waals surface area contributed by atoms with Gasteiger partial charge in [-0.25, -0.2) is 9.97 Å². The number of piperazine rings is 1. The Balaban J connectivity index is 0.983. The van der Waals surface area contributed by atoms with Gasteiger partial charge in [0.15, 0.2) is 0 Å². The molecule has 0 spiro atoms. The zero-order valence-electron chi connectivity index (χ0n) is 21.9. The Morgan fingerprint density at radius 3 is 2.55 bits per heavy atom. The van der Waals surface area contributed by atoms with E-state index < -0.39 is 0 Å². The van der Waals surface area contributed by atoms with Crippen molar-refractivity contribution >= 4 is 28.3 Å². The van der Waals surface area contributed by atoms with E-state index in [0.29, 0.717) is 0 Å². The van der Waals surface area contributed by atoms with E-state index >= 15 is 0 Å². The molecule has 1 aromatic carbocycles. The van der Waals surface area contributed by atoms with Crippen LogP contribution in [0.2, 0.25) is 0 Å². The predicted molar refractivity (Wildman–Crippen MR) is 154 cm³/mol. The second kappa shape index (κ2) is 10.1. The minimum absolute atomic E-state index is 0.757. The van der Waals surface area contributed by atoms with E-state index in [2.05, 4.69) is 102 Å². The molecule has 6 heterocycles. The fourth-order valence-corrected chi connectivity index (χ4v) is 6.22. The molecular formula is C31H35N7. The van der Waals surface area contributed by atoms with Crippen molar-refractivity contribution in [3.8, 4) is 0 Å². The number of aromatic nitrogens is 4. The number of hydrogen-bond acceptors (Lipinski definition) is 5. The summed E-state index contributed by atoms with van der Waals surface area (Å²) in [6.45, 7) is 8.37. The second-order valence-corrected chi connectivity index (χ2v) is 10.8. The number of aryl methyl sites for hydroxylation is 1. The lowest BCUT2D eigenvalue weighted by atomic mass is 10.1. The third-order valence-corrected chi connectivity index (χ3v) is 8.33. The van der Waals surface area contributed by atoms with Gasteiger partial charge in [-0.1, -0.05) is 36.4 Å². The Labute approximate surface area is 223 Å². The number of hydrogen-bond donors (Lipinski definition) is 0. The molecule has 4 aromatic heterocycles. The van der Waals surface area contributed by atoms with Crippen LogP contribution in [-0.4, -0.2) is 63.1 Å². The Hall–Kier alpha value is -3.84. The number of anilines is 2. The minimum atomic E-state index is 0.757. The van der Waals surface area contributed by atoms with E-state index in [1.165, 1.54) is 42.7 Å². The molecule has 0 bridgehead atoms. The standard InChI is InChI=1S/C31H35N7/c1-2-5-25(6-3-1)23-34-15-11-26(24-34)12-16-37-17-13-27-9-10-29(33-31(27)37)35-19-21-36(22-20-35)30-8-4-7-28-32-14-18-38(28)30/h1-10,13-14,17-18,26H,11-12,15-16,19-24H2. The minimum Gasteiger partial charge on any atom is -0.354 e. The van der Waals surface area contributed by atoms with Gasteiger partial charge in [-0.3, -0.25) is 9.30 Å². The Morgan fingerprint density at radius 2 is 1.66 bits per heavy atom. The molecule has 1 unspecified atom stereocenters. The lowest BCUT2D eigenvalue weighted by Gasteiger charge is -2.36. The van der Waals surface area contributed by atoms with Crippen LogP contribution in [0.5, 0.6) is 0 Å². The zero-order valence-corrected chi connectivity index (χ0v) is 21.9. The van der Waals surface area contributed by atoms with E-state index in [4.69, 9.17) is 4.98 Å². The number of benzene rings is 1. The van der Waals surface area contributed by atoms with Crippen molar-refractivity contribution in [3.05, 3.63) is 90.9 Å². The summed E-state index contributed by atoms with van der Waals surface area (Å²) in [6.07, 6.45) is 8.65. The van der Waals surface area contributed by atoms with Crippen LogP contribution >= 0.6 is 0 Å². The number of nitrogens with zero attached hydrogens (tertiary/aromatic N) is 7. The molecule has 194 valence electrons. The molecular weight excluding hydrogens is 470 g/mol. The van der Waals surface area contributed by atoms with E-state index in [1.54, 1.807) is 0 Å². The fraction of sp³-hybridized carbons (Fsp3) is 0.355. The van der Waals surface area contributed by atoms with Gasteiger partial charge in [0.1, 0.15) is 22.9 Å². The monoisotopic (exact) mass is 505 g/mol. The van der Waals surface area contributed by atoms with Crippen molar-refractivity contribution in [2.75, 3.05) is 49.1 Å². The molecule has 2 aliphatic rings. The molecule has 2 saturated heterocycles. The first-order valence-corrected chi connectivity index (χ1v) is 13.9. The highest BCUT2D eigenvalue weighted by atomic mass is 15.3. The number of rotatable bonds is 7. The first-order chi connectivity index (χ1) is 18.8. The fourth-order valence-electron chi connectivity index (χ4n) is 6.22. The molecule has 0 saturated carbocycles. The molecule has 5 aromatic rings. The van der Waals surface area contributed by atoms with E-state index in [1.807, 2.05) is 12.4 Å². The van der Waals surface area contributed by atoms with Crippen molar-refractivity contribution in [1.29, 1.82) is 0 Å². The van der Waals surface area contributed by atoms with Gasteiger partial charge in [0.05, 0.1) is 0 Å². The number of imidazole rings is 1. The van der Waals surface area contributed by atoms with E-state index in [9.17, 15) is 0 Å². The van der Waals surface area contributed by atoms with Crippen molar-refractivity contribution in [2.45, 2.75) is 25.9 Å². The third-order valence-electron chi connectivity index (χ3n) is 8.33. The van der Waals surface area contributed by atoms with Gasteiger partial charge >= 0.3 is 0 Å². The normalized spacial score (nSPS) is 18.7. The van der Waals surface area contributed by atoms with Gasteiger partial charge in [-0.05, 0) is 61.2 Å². The van der Waals surface area contributed by atoms with Gasteiger partial charge < -0.3 is 14.4 Å². The summed E-state index contributed by atoms with van der Waals surface area (Å²) in [5.41, 5.74) is 3.53. The van der Waals surface area contributed by atoms with Crippen LogP contribution in [-0.2, 0) is 13.1 Å². The molecule has 0 aliphatic carbocycles. The molecule has 7 heteroatoms. The SMILES string of the molecule is c1ccc(CN2CCC(CCn3ccc4ccc(N5CCN(c6cccc7nccn67)CC5)nc43)C2)cc1. The van der Waals surface area contributed by atoms with Gasteiger partial charge in [-0.2, -0.15) is 0 Å². The zero-order chi connectivity index (χ0) is 25.3. The molecule has 2 fully saturated rings. The van der Waals surface area contributed by atoms with Crippen molar-refractivity contribution in [3.63, 3.8) is 0 Å². The predicted octanol–water partition coefficient (Wildman–Crippen LogP) is 4.92. The highest BCUT2D eigenvalue weighted by molar-refractivity contribution is 5.78. The smallest absolute Gasteiger partial charge is 0.142 e. The van der Waals surface area contributed by atoms with Crippen LogP contribution in [0.15, 0.2) is 85.3 Å². The molecule has 0 radical (unpaired) electrons. The van der Waals surface area contributed by atoms with Crippen LogP contribution in [0.4, 0.5) is 11.6 Å². The van der Waals surface area contributed by atoms with Gasteiger partial charge in [0.2, 0.25) is 0 Å². The number of pyridine rings is 2. The highest BCUT2D eigenvalue weighted by Crippen LogP contribution is 2.26. The van der Waals surface area contributed by atoms with E-state index in [-0.39, 0.29) is 0 Å². The lowest BCUT2D eigenvalue weighted by molar-refractivity contribution is 0.310. The van der Waals surface area contributed by atoms with Crippen LogP contribution in [0, 0.1) is 5.92 Å². The topological polar surface area (TPSA) is 44.8 Å². The molecule has 0 amide bonds. The van der Waals surface area contributed by atoms with Crippen LogP contribution in [0.25, 0.3) is 16.7 Å². The van der Waals surface area contributed by atoms with Crippen molar-refractivity contribution < 1.29 is 0 Å². The summed E-state index contributed by atoms with van der Waals surface area (Å²) < 4.78 is 4.55. The highest BCUT2D eigenvalue weighted by Gasteiger charge is 2.23. The maximum absolute atomic E-state index is 5.16.